The summed E-state index contributed by atoms with van der Waals surface area (Å²) in [5, 5.41) is 0. The van der Waals surface area contributed by atoms with Crippen LogP contribution >= 0.6 is 15.9 Å². The number of aromatic amines is 1. The van der Waals surface area contributed by atoms with Gasteiger partial charge < -0.3 is 14.6 Å². The Hall–Kier alpha value is -1.11. The number of aromatic nitrogens is 2. The van der Waals surface area contributed by atoms with Crippen LogP contribution in [-0.4, -0.2) is 46.3 Å². The van der Waals surface area contributed by atoms with Gasteiger partial charge >= 0.3 is 5.69 Å². The van der Waals surface area contributed by atoms with Crippen molar-refractivity contribution in [3.05, 3.63) is 33.2 Å². The molecule has 2 fully saturated rings. The molecule has 2 aromatic rings. The average Bonchev–Trinajstić information content (AvgIpc) is 2.98. The lowest BCUT2D eigenvalue weighted by atomic mass is 9.90. The highest BCUT2D eigenvalue weighted by Gasteiger charge is 2.30. The molecule has 142 valence electrons. The highest BCUT2D eigenvalue weighted by Crippen LogP contribution is 2.31. The zero-order chi connectivity index (χ0) is 18.1. The van der Waals surface area contributed by atoms with Crippen LogP contribution in [0.5, 0.6) is 0 Å². The molecule has 6 heteroatoms. The van der Waals surface area contributed by atoms with Gasteiger partial charge in [-0.25, -0.2) is 4.79 Å². The molecule has 1 aromatic carbocycles. The molecule has 0 bridgehead atoms. The second-order valence-electron chi connectivity index (χ2n) is 7.61. The number of hydrogen-bond donors (Lipinski definition) is 1. The second-order valence-corrected chi connectivity index (χ2v) is 8.53. The number of nitrogens with zero attached hydrogens (tertiary/aromatic N) is 2. The van der Waals surface area contributed by atoms with Crippen molar-refractivity contribution in [2.75, 3.05) is 19.7 Å². The number of imidazole rings is 1. The number of likely N-dealkylation sites (tertiary alicyclic amines) is 1. The van der Waals surface area contributed by atoms with E-state index in [4.69, 9.17) is 4.74 Å². The molecule has 1 aliphatic heterocycles. The molecule has 2 aliphatic rings. The minimum absolute atomic E-state index is 0.0220. The Morgan fingerprint density at radius 1 is 1.12 bits per heavy atom. The van der Waals surface area contributed by atoms with E-state index in [-0.39, 0.29) is 5.69 Å². The highest BCUT2D eigenvalue weighted by molar-refractivity contribution is 9.10. The Balaban J connectivity index is 1.41. The maximum absolute atomic E-state index is 12.5. The first-order chi connectivity index (χ1) is 12.7. The zero-order valence-electron chi connectivity index (χ0n) is 15.4. The van der Waals surface area contributed by atoms with Crippen LogP contribution in [0, 0.1) is 0 Å². The third-order valence-corrected chi connectivity index (χ3v) is 6.60. The van der Waals surface area contributed by atoms with Crippen molar-refractivity contribution in [2.24, 2.45) is 0 Å². The summed E-state index contributed by atoms with van der Waals surface area (Å²) in [6.07, 6.45) is 7.43. The fourth-order valence-corrected chi connectivity index (χ4v) is 5.13. The van der Waals surface area contributed by atoms with E-state index in [0.29, 0.717) is 18.2 Å². The summed E-state index contributed by atoms with van der Waals surface area (Å²) in [6.45, 7) is 5.09. The predicted molar refractivity (Wildman–Crippen MR) is 108 cm³/mol. The zero-order valence-corrected chi connectivity index (χ0v) is 17.0. The van der Waals surface area contributed by atoms with Crippen molar-refractivity contribution in [2.45, 2.75) is 63.6 Å². The van der Waals surface area contributed by atoms with Gasteiger partial charge in [0.1, 0.15) is 0 Å². The van der Waals surface area contributed by atoms with Gasteiger partial charge in [0.2, 0.25) is 0 Å². The van der Waals surface area contributed by atoms with E-state index in [0.717, 1.165) is 48.0 Å². The number of rotatable bonds is 4. The van der Waals surface area contributed by atoms with Crippen LogP contribution in [-0.2, 0) is 4.74 Å². The number of fused-ring (bicyclic) bond motifs is 1. The summed E-state index contributed by atoms with van der Waals surface area (Å²) in [5.74, 6) is 0. The molecule has 4 rings (SSSR count). The van der Waals surface area contributed by atoms with Crippen molar-refractivity contribution >= 4 is 27.0 Å². The number of hydrogen-bond acceptors (Lipinski definition) is 3. The molecule has 0 spiro atoms. The molecule has 5 nitrogen and oxygen atoms in total. The Kier molecular flexibility index (Phi) is 5.53. The summed E-state index contributed by atoms with van der Waals surface area (Å²) < 4.78 is 8.77. The fourth-order valence-electron chi connectivity index (χ4n) is 4.78. The summed E-state index contributed by atoms with van der Waals surface area (Å²) in [4.78, 5) is 18.1. The molecule has 0 amide bonds. The molecule has 1 aromatic heterocycles. The monoisotopic (exact) mass is 421 g/mol. The van der Waals surface area contributed by atoms with Gasteiger partial charge in [-0.15, -0.1) is 0 Å². The lowest BCUT2D eigenvalue weighted by Crippen LogP contribution is -2.45. The quantitative estimate of drug-likeness (QED) is 0.808. The van der Waals surface area contributed by atoms with E-state index >= 15 is 0 Å². The molecule has 0 unspecified atom stereocenters. The minimum Gasteiger partial charge on any atom is -0.379 e. The van der Waals surface area contributed by atoms with Crippen molar-refractivity contribution in [3.8, 4) is 0 Å². The Bertz CT molecular complexity index is 799. The summed E-state index contributed by atoms with van der Waals surface area (Å²) in [7, 11) is 0. The molecule has 0 atom stereocenters. The number of H-pyrrole nitrogens is 1. The number of halogens is 1. The first-order valence-corrected chi connectivity index (χ1v) is 10.7. The number of benzene rings is 1. The van der Waals surface area contributed by atoms with Gasteiger partial charge in [0.05, 0.1) is 17.1 Å². The van der Waals surface area contributed by atoms with Crippen LogP contribution in [0.4, 0.5) is 0 Å². The van der Waals surface area contributed by atoms with Gasteiger partial charge in [-0.2, -0.15) is 0 Å². The standard InChI is InChI=1S/C20H28BrN3O2/c1-2-26-17-6-4-15(5-7-17)23-11-9-16(10-12-23)24-19-13-14(21)3-8-18(19)22-20(24)25/h3,8,13,15-17H,2,4-7,9-12H2,1H3,(H,22,25)/t15-,17-. The summed E-state index contributed by atoms with van der Waals surface area (Å²) in [5.41, 5.74) is 1.96. The Morgan fingerprint density at radius 2 is 1.85 bits per heavy atom. The number of piperidine rings is 1. The van der Waals surface area contributed by atoms with Gasteiger partial charge in [0, 0.05) is 36.3 Å². The minimum atomic E-state index is 0.0220. The van der Waals surface area contributed by atoms with Gasteiger partial charge in [-0.1, -0.05) is 15.9 Å². The Labute approximate surface area is 162 Å². The average molecular weight is 422 g/mol. The largest absolute Gasteiger partial charge is 0.379 e. The first-order valence-electron chi connectivity index (χ1n) is 9.91. The van der Waals surface area contributed by atoms with Crippen LogP contribution < -0.4 is 5.69 Å². The van der Waals surface area contributed by atoms with Crippen molar-refractivity contribution in [1.29, 1.82) is 0 Å². The van der Waals surface area contributed by atoms with Crippen LogP contribution in [0.25, 0.3) is 11.0 Å². The maximum Gasteiger partial charge on any atom is 0.326 e. The predicted octanol–water partition coefficient (Wildman–Crippen LogP) is 4.08. The van der Waals surface area contributed by atoms with E-state index in [1.807, 2.05) is 16.7 Å². The molecule has 1 aliphatic carbocycles. The second kappa shape index (κ2) is 7.87. The molecular formula is C20H28BrN3O2. The smallest absolute Gasteiger partial charge is 0.326 e. The van der Waals surface area contributed by atoms with Gasteiger partial charge in [0.25, 0.3) is 0 Å². The summed E-state index contributed by atoms with van der Waals surface area (Å²) in [6, 6.07) is 6.99. The molecule has 1 N–H and O–H groups in total. The van der Waals surface area contributed by atoms with Crippen LogP contribution in [0.3, 0.4) is 0 Å². The fraction of sp³-hybridized carbons (Fsp3) is 0.650. The highest BCUT2D eigenvalue weighted by atomic mass is 79.9. The van der Waals surface area contributed by atoms with Crippen LogP contribution in [0.2, 0.25) is 0 Å². The first kappa shape index (κ1) is 18.3. The Morgan fingerprint density at radius 3 is 2.54 bits per heavy atom. The molecular weight excluding hydrogens is 394 g/mol. The van der Waals surface area contributed by atoms with Gasteiger partial charge in [-0.05, 0) is 63.6 Å². The topological polar surface area (TPSA) is 50.3 Å². The molecule has 2 heterocycles. The van der Waals surface area contributed by atoms with Crippen LogP contribution in [0.1, 0.15) is 51.5 Å². The molecule has 0 radical (unpaired) electrons. The van der Waals surface area contributed by atoms with E-state index in [2.05, 4.69) is 38.8 Å². The molecule has 1 saturated carbocycles. The third kappa shape index (κ3) is 3.64. The molecule has 1 saturated heterocycles. The van der Waals surface area contributed by atoms with E-state index in [1.54, 1.807) is 0 Å². The normalized spacial score (nSPS) is 25.8. The van der Waals surface area contributed by atoms with Crippen molar-refractivity contribution < 1.29 is 4.74 Å². The van der Waals surface area contributed by atoms with Crippen molar-refractivity contribution in [1.82, 2.24) is 14.5 Å². The summed E-state index contributed by atoms with van der Waals surface area (Å²) >= 11 is 3.53. The number of ether oxygens (including phenoxy) is 1. The SMILES string of the molecule is CCO[C@H]1CC[C@H](N2CCC(n3c(=O)[nH]c4ccc(Br)cc43)CC2)CC1. The van der Waals surface area contributed by atoms with Crippen molar-refractivity contribution in [3.63, 3.8) is 0 Å². The lowest BCUT2D eigenvalue weighted by molar-refractivity contribution is 0.00796. The lowest BCUT2D eigenvalue weighted by Gasteiger charge is -2.40. The van der Waals surface area contributed by atoms with Gasteiger partial charge in [-0.3, -0.25) is 4.57 Å². The van der Waals surface area contributed by atoms with E-state index < -0.39 is 0 Å². The van der Waals surface area contributed by atoms with E-state index in [9.17, 15) is 4.79 Å². The van der Waals surface area contributed by atoms with Crippen LogP contribution in [0.15, 0.2) is 27.5 Å². The van der Waals surface area contributed by atoms with Gasteiger partial charge in [0.15, 0.2) is 0 Å². The molecule has 26 heavy (non-hydrogen) atoms. The maximum atomic E-state index is 12.5. The van der Waals surface area contributed by atoms with E-state index in [1.165, 1.54) is 25.7 Å². The third-order valence-electron chi connectivity index (χ3n) is 6.11. The number of nitrogens with one attached hydrogen (secondary N) is 1.